The summed E-state index contributed by atoms with van der Waals surface area (Å²) in [7, 11) is -2.44. The van der Waals surface area contributed by atoms with Gasteiger partial charge in [0.25, 0.3) is 15.9 Å². The number of anilines is 2. The van der Waals surface area contributed by atoms with E-state index in [1.807, 2.05) is 0 Å². The second kappa shape index (κ2) is 6.78. The van der Waals surface area contributed by atoms with Crippen LogP contribution in [0, 0.1) is 0 Å². The number of H-pyrrole nitrogens is 1. The van der Waals surface area contributed by atoms with Gasteiger partial charge in [-0.25, -0.2) is 8.42 Å². The van der Waals surface area contributed by atoms with Crippen molar-refractivity contribution in [3.05, 3.63) is 72.6 Å². The van der Waals surface area contributed by atoms with Crippen LogP contribution in [0.15, 0.2) is 71.9 Å². The van der Waals surface area contributed by atoms with Gasteiger partial charge in [0.05, 0.1) is 23.1 Å². The van der Waals surface area contributed by atoms with Crippen LogP contribution < -0.4 is 9.62 Å². The van der Waals surface area contributed by atoms with Gasteiger partial charge in [0.2, 0.25) is 0 Å². The van der Waals surface area contributed by atoms with Crippen molar-refractivity contribution in [2.45, 2.75) is 4.90 Å². The maximum absolute atomic E-state index is 13.0. The van der Waals surface area contributed by atoms with E-state index in [2.05, 4.69) is 15.5 Å². The minimum absolute atomic E-state index is 0.0616. The second-order valence-corrected chi connectivity index (χ2v) is 7.18. The number of sulfonamides is 1. The van der Waals surface area contributed by atoms with E-state index >= 15 is 0 Å². The lowest BCUT2D eigenvalue weighted by Crippen LogP contribution is -2.28. The van der Waals surface area contributed by atoms with Gasteiger partial charge in [-0.05, 0) is 24.3 Å². The zero-order chi connectivity index (χ0) is 17.9. The number of nitrogens with one attached hydrogen (secondary N) is 2. The minimum Gasteiger partial charge on any atom is -0.319 e. The summed E-state index contributed by atoms with van der Waals surface area (Å²) in [4.78, 5) is 12.4. The third kappa shape index (κ3) is 3.38. The summed E-state index contributed by atoms with van der Waals surface area (Å²) >= 11 is 0. The van der Waals surface area contributed by atoms with Crippen molar-refractivity contribution in [3.8, 4) is 0 Å². The van der Waals surface area contributed by atoms with E-state index in [0.717, 1.165) is 4.31 Å². The molecule has 1 amide bonds. The van der Waals surface area contributed by atoms with Gasteiger partial charge in [-0.3, -0.25) is 14.2 Å². The first-order chi connectivity index (χ1) is 12.0. The minimum atomic E-state index is -3.90. The molecule has 0 aliphatic carbocycles. The van der Waals surface area contributed by atoms with Gasteiger partial charge in [-0.1, -0.05) is 30.3 Å². The fraction of sp³-hybridized carbons (Fsp3) is 0.0588. The lowest BCUT2D eigenvalue weighted by Gasteiger charge is -2.21. The average Bonchev–Trinajstić information content (AvgIpc) is 3.14. The predicted molar refractivity (Wildman–Crippen MR) is 95.0 cm³/mol. The summed E-state index contributed by atoms with van der Waals surface area (Å²) in [5.74, 6) is -0.526. The normalized spacial score (nSPS) is 11.1. The Morgan fingerprint density at radius 3 is 2.44 bits per heavy atom. The molecule has 0 aliphatic heterocycles. The van der Waals surface area contributed by atoms with Crippen molar-refractivity contribution in [2.24, 2.45) is 0 Å². The van der Waals surface area contributed by atoms with Crippen molar-refractivity contribution >= 4 is 27.3 Å². The van der Waals surface area contributed by atoms with Crippen LogP contribution in [0.25, 0.3) is 0 Å². The van der Waals surface area contributed by atoms with E-state index in [1.165, 1.54) is 31.6 Å². The largest absolute Gasteiger partial charge is 0.319 e. The molecule has 0 aliphatic rings. The molecule has 3 aromatic rings. The molecule has 1 aromatic heterocycles. The lowest BCUT2D eigenvalue weighted by atomic mass is 10.2. The molecule has 0 atom stereocenters. The molecule has 2 N–H and O–H groups in total. The molecule has 25 heavy (non-hydrogen) atoms. The standard InChI is InChI=1S/C17H16N4O3S/c1-21(14-7-3-2-4-8-14)25(23,24)16-10-6-5-9-15(16)17(22)20-13-11-18-19-12-13/h2-12H,1H3,(H,18,19)(H,20,22). The summed E-state index contributed by atoms with van der Waals surface area (Å²) < 4.78 is 27.1. The number of aromatic amines is 1. The van der Waals surface area contributed by atoms with Crippen LogP contribution >= 0.6 is 0 Å². The van der Waals surface area contributed by atoms with Crippen molar-refractivity contribution in [3.63, 3.8) is 0 Å². The molecule has 0 saturated heterocycles. The van der Waals surface area contributed by atoms with E-state index in [1.54, 1.807) is 42.5 Å². The van der Waals surface area contributed by atoms with E-state index in [4.69, 9.17) is 0 Å². The highest BCUT2D eigenvalue weighted by atomic mass is 32.2. The number of hydrogen-bond acceptors (Lipinski definition) is 4. The van der Waals surface area contributed by atoms with Crippen molar-refractivity contribution < 1.29 is 13.2 Å². The van der Waals surface area contributed by atoms with Crippen LogP contribution in [0.2, 0.25) is 0 Å². The molecule has 3 rings (SSSR count). The topological polar surface area (TPSA) is 95.2 Å². The maximum Gasteiger partial charge on any atom is 0.264 e. The molecule has 0 bridgehead atoms. The fourth-order valence-electron chi connectivity index (χ4n) is 2.32. The molecule has 8 heteroatoms. The van der Waals surface area contributed by atoms with Crippen LogP contribution in [0.3, 0.4) is 0 Å². The first-order valence-corrected chi connectivity index (χ1v) is 8.87. The third-order valence-corrected chi connectivity index (χ3v) is 5.49. The summed E-state index contributed by atoms with van der Waals surface area (Å²) in [6.07, 6.45) is 2.94. The average molecular weight is 356 g/mol. The summed E-state index contributed by atoms with van der Waals surface area (Å²) in [6.45, 7) is 0. The zero-order valence-corrected chi connectivity index (χ0v) is 14.2. The second-order valence-electron chi connectivity index (χ2n) is 5.25. The first kappa shape index (κ1) is 16.7. The Morgan fingerprint density at radius 1 is 1.08 bits per heavy atom. The zero-order valence-electron chi connectivity index (χ0n) is 13.4. The quantitative estimate of drug-likeness (QED) is 0.734. The number of benzene rings is 2. The van der Waals surface area contributed by atoms with E-state index in [0.29, 0.717) is 11.4 Å². The first-order valence-electron chi connectivity index (χ1n) is 7.43. The van der Waals surface area contributed by atoms with Crippen LogP contribution in [0.4, 0.5) is 11.4 Å². The molecule has 7 nitrogen and oxygen atoms in total. The number of hydrogen-bond donors (Lipinski definition) is 2. The molecular weight excluding hydrogens is 340 g/mol. The Kier molecular flexibility index (Phi) is 4.53. The third-order valence-electron chi connectivity index (χ3n) is 3.65. The molecule has 0 unspecified atom stereocenters. The lowest BCUT2D eigenvalue weighted by molar-refractivity contribution is 0.102. The van der Waals surface area contributed by atoms with Crippen LogP contribution in [0.1, 0.15) is 10.4 Å². The fourth-order valence-corrected chi connectivity index (χ4v) is 3.70. The highest BCUT2D eigenvalue weighted by Gasteiger charge is 2.26. The maximum atomic E-state index is 13.0. The van der Waals surface area contributed by atoms with Crippen molar-refractivity contribution in [1.82, 2.24) is 10.2 Å². The Balaban J connectivity index is 1.98. The van der Waals surface area contributed by atoms with Crippen LogP contribution in [0.5, 0.6) is 0 Å². The molecule has 0 fully saturated rings. The molecule has 2 aromatic carbocycles. The molecular formula is C17H16N4O3S. The summed E-state index contributed by atoms with van der Waals surface area (Å²) in [6, 6.07) is 14.8. The van der Waals surface area contributed by atoms with Crippen LogP contribution in [-0.4, -0.2) is 31.6 Å². The van der Waals surface area contributed by atoms with Gasteiger partial charge in [0, 0.05) is 13.2 Å². The van der Waals surface area contributed by atoms with Gasteiger partial charge in [-0.2, -0.15) is 5.10 Å². The highest BCUT2D eigenvalue weighted by Crippen LogP contribution is 2.24. The summed E-state index contributed by atoms with van der Waals surface area (Å²) in [5.41, 5.74) is 1.02. The highest BCUT2D eigenvalue weighted by molar-refractivity contribution is 7.92. The number of carbonyl (C=O) groups excluding carboxylic acids is 1. The van der Waals surface area contributed by atoms with Crippen molar-refractivity contribution in [2.75, 3.05) is 16.7 Å². The SMILES string of the molecule is CN(c1ccccc1)S(=O)(=O)c1ccccc1C(=O)Nc1cn[nH]c1. The number of para-hydroxylation sites is 1. The Labute approximate surface area is 145 Å². The molecule has 0 saturated carbocycles. The Hall–Kier alpha value is -3.13. The number of carbonyl (C=O) groups is 1. The van der Waals surface area contributed by atoms with Crippen molar-refractivity contribution in [1.29, 1.82) is 0 Å². The number of aromatic nitrogens is 2. The molecule has 128 valence electrons. The Morgan fingerprint density at radius 2 is 1.76 bits per heavy atom. The smallest absolute Gasteiger partial charge is 0.264 e. The van der Waals surface area contributed by atoms with Gasteiger partial charge in [0.15, 0.2) is 0 Å². The van der Waals surface area contributed by atoms with Gasteiger partial charge in [0.1, 0.15) is 4.90 Å². The van der Waals surface area contributed by atoms with E-state index in [9.17, 15) is 13.2 Å². The van der Waals surface area contributed by atoms with E-state index in [-0.39, 0.29) is 10.5 Å². The predicted octanol–water partition coefficient (Wildman–Crippen LogP) is 2.49. The van der Waals surface area contributed by atoms with E-state index < -0.39 is 15.9 Å². The molecule has 0 radical (unpaired) electrons. The molecule has 1 heterocycles. The number of amides is 1. The van der Waals surface area contributed by atoms with Gasteiger partial charge >= 0.3 is 0 Å². The van der Waals surface area contributed by atoms with Crippen LogP contribution in [-0.2, 0) is 10.0 Å². The summed E-state index contributed by atoms with van der Waals surface area (Å²) in [5, 5.41) is 8.94. The number of rotatable bonds is 5. The number of nitrogens with zero attached hydrogens (tertiary/aromatic N) is 2. The molecule has 0 spiro atoms. The Bertz CT molecular complexity index is 970. The monoisotopic (exact) mass is 356 g/mol. The van der Waals surface area contributed by atoms with Gasteiger partial charge < -0.3 is 5.32 Å². The van der Waals surface area contributed by atoms with Gasteiger partial charge in [-0.15, -0.1) is 0 Å².